The highest BCUT2D eigenvalue weighted by Crippen LogP contribution is 2.15. The van der Waals surface area contributed by atoms with Gasteiger partial charge in [0.1, 0.15) is 6.04 Å². The summed E-state index contributed by atoms with van der Waals surface area (Å²) in [5, 5.41) is 2.64. The number of hydrogen-bond acceptors (Lipinski definition) is 3. The summed E-state index contributed by atoms with van der Waals surface area (Å²) in [6, 6.07) is 19.5. The molecule has 0 saturated carbocycles. The maximum atomic E-state index is 12.8. The Kier molecular flexibility index (Phi) is 8.22. The molecule has 0 unspecified atom stereocenters. The molecule has 138 valence electrons. The smallest absolute Gasteiger partial charge is 0.242 e. The van der Waals surface area contributed by atoms with E-state index in [1.54, 1.807) is 30.6 Å². The van der Waals surface area contributed by atoms with Crippen LogP contribution in [-0.2, 0) is 21.9 Å². The van der Waals surface area contributed by atoms with Crippen LogP contribution in [0.15, 0.2) is 60.7 Å². The van der Waals surface area contributed by atoms with Gasteiger partial charge < -0.3 is 10.2 Å². The van der Waals surface area contributed by atoms with Crippen LogP contribution in [0.1, 0.15) is 24.5 Å². The van der Waals surface area contributed by atoms with Crippen LogP contribution in [0.3, 0.4) is 0 Å². The van der Waals surface area contributed by atoms with Crippen molar-refractivity contribution in [2.75, 3.05) is 12.8 Å². The van der Waals surface area contributed by atoms with E-state index in [1.165, 1.54) is 5.56 Å². The molecule has 0 saturated heterocycles. The van der Waals surface area contributed by atoms with Crippen LogP contribution in [0.25, 0.3) is 0 Å². The zero-order chi connectivity index (χ0) is 18.8. The van der Waals surface area contributed by atoms with Crippen molar-refractivity contribution < 1.29 is 9.59 Å². The van der Waals surface area contributed by atoms with Gasteiger partial charge in [-0.15, -0.1) is 0 Å². The molecule has 0 bridgehead atoms. The number of amides is 2. The number of nitrogens with one attached hydrogen (secondary N) is 1. The molecule has 26 heavy (non-hydrogen) atoms. The number of carbonyl (C=O) groups excluding carboxylic acids is 2. The second-order valence-corrected chi connectivity index (χ2v) is 7.19. The Hall–Kier alpha value is -2.27. The van der Waals surface area contributed by atoms with Crippen LogP contribution in [0.5, 0.6) is 0 Å². The lowest BCUT2D eigenvalue weighted by Crippen LogP contribution is -2.46. The molecule has 2 aromatic carbocycles. The van der Waals surface area contributed by atoms with Crippen molar-refractivity contribution >= 4 is 23.6 Å². The van der Waals surface area contributed by atoms with Gasteiger partial charge in [-0.05, 0) is 18.1 Å². The molecule has 1 N–H and O–H groups in total. The van der Waals surface area contributed by atoms with E-state index >= 15 is 0 Å². The van der Waals surface area contributed by atoms with E-state index in [1.807, 2.05) is 48.5 Å². The molecule has 2 aromatic rings. The van der Waals surface area contributed by atoms with Crippen molar-refractivity contribution in [3.05, 3.63) is 71.8 Å². The molecule has 0 aliphatic carbocycles. The second-order valence-electron chi connectivity index (χ2n) is 6.09. The van der Waals surface area contributed by atoms with Crippen molar-refractivity contribution in [3.8, 4) is 0 Å². The number of hydrogen-bond donors (Lipinski definition) is 1. The third kappa shape index (κ3) is 6.23. The van der Waals surface area contributed by atoms with Gasteiger partial charge in [-0.25, -0.2) is 0 Å². The molecular formula is C21H26N2O2S. The number of thioether (sulfide) groups is 1. The minimum Gasteiger partial charge on any atom is -0.357 e. The van der Waals surface area contributed by atoms with E-state index in [9.17, 15) is 9.59 Å². The lowest BCUT2D eigenvalue weighted by molar-refractivity contribution is -0.140. The fourth-order valence-corrected chi connectivity index (χ4v) is 3.53. The fraction of sp³-hybridized carbons (Fsp3) is 0.333. The highest BCUT2D eigenvalue weighted by atomic mass is 32.2. The van der Waals surface area contributed by atoms with Crippen molar-refractivity contribution in [2.45, 2.75) is 31.7 Å². The van der Waals surface area contributed by atoms with E-state index in [0.29, 0.717) is 13.0 Å². The lowest BCUT2D eigenvalue weighted by atomic mass is 10.1. The average Bonchev–Trinajstić information content (AvgIpc) is 2.69. The van der Waals surface area contributed by atoms with Gasteiger partial charge in [0.05, 0.1) is 0 Å². The summed E-state index contributed by atoms with van der Waals surface area (Å²) in [5.41, 5.74) is 2.28. The van der Waals surface area contributed by atoms with Crippen molar-refractivity contribution in [2.24, 2.45) is 0 Å². The minimum absolute atomic E-state index is 0.00511. The zero-order valence-electron chi connectivity index (χ0n) is 15.4. The van der Waals surface area contributed by atoms with E-state index in [2.05, 4.69) is 17.4 Å². The summed E-state index contributed by atoms with van der Waals surface area (Å²) in [7, 11) is 1.60. The van der Waals surface area contributed by atoms with Crippen molar-refractivity contribution in [1.29, 1.82) is 0 Å². The number of benzene rings is 2. The van der Waals surface area contributed by atoms with Gasteiger partial charge in [0.15, 0.2) is 0 Å². The topological polar surface area (TPSA) is 49.4 Å². The molecular weight excluding hydrogens is 344 g/mol. The molecule has 0 fully saturated rings. The van der Waals surface area contributed by atoms with Crippen molar-refractivity contribution in [3.63, 3.8) is 0 Å². The molecule has 0 aliphatic rings. The van der Waals surface area contributed by atoms with Gasteiger partial charge in [0, 0.05) is 31.5 Å². The van der Waals surface area contributed by atoms with Gasteiger partial charge in [-0.3, -0.25) is 9.59 Å². The van der Waals surface area contributed by atoms with Crippen LogP contribution < -0.4 is 5.32 Å². The number of nitrogens with zero attached hydrogens (tertiary/aromatic N) is 1. The number of carbonyl (C=O) groups is 2. The first-order chi connectivity index (χ1) is 12.6. The Morgan fingerprint density at radius 3 is 2.15 bits per heavy atom. The van der Waals surface area contributed by atoms with Gasteiger partial charge in [0.25, 0.3) is 0 Å². The fourth-order valence-electron chi connectivity index (χ4n) is 2.64. The number of rotatable bonds is 9. The zero-order valence-corrected chi connectivity index (χ0v) is 16.2. The molecule has 0 aromatic heterocycles. The molecule has 5 heteroatoms. The van der Waals surface area contributed by atoms with Gasteiger partial charge >= 0.3 is 0 Å². The largest absolute Gasteiger partial charge is 0.357 e. The van der Waals surface area contributed by atoms with Crippen LogP contribution >= 0.6 is 11.8 Å². The van der Waals surface area contributed by atoms with Crippen LogP contribution in [0.4, 0.5) is 0 Å². The maximum absolute atomic E-state index is 12.8. The molecule has 0 heterocycles. The first-order valence-electron chi connectivity index (χ1n) is 8.78. The van der Waals surface area contributed by atoms with E-state index < -0.39 is 6.04 Å². The Bertz CT molecular complexity index is 692. The predicted octanol–water partition coefficient (Wildman–Crippen LogP) is 3.47. The standard InChI is InChI=1S/C21H26N2O2S/c1-17(21(25)22-2)23(15-18-9-5-3-6-10-18)20(24)13-14-26-16-19-11-7-4-8-12-19/h3-12,17H,13-16H2,1-2H3,(H,22,25)/t17-/m0/s1. The van der Waals surface area contributed by atoms with Gasteiger partial charge in [-0.1, -0.05) is 60.7 Å². The highest BCUT2D eigenvalue weighted by molar-refractivity contribution is 7.98. The first-order valence-corrected chi connectivity index (χ1v) is 9.94. The Morgan fingerprint density at radius 2 is 1.58 bits per heavy atom. The second kappa shape index (κ2) is 10.7. The molecule has 4 nitrogen and oxygen atoms in total. The van der Waals surface area contributed by atoms with Crippen LogP contribution in [-0.4, -0.2) is 35.6 Å². The normalized spacial score (nSPS) is 11.6. The minimum atomic E-state index is -0.494. The Morgan fingerprint density at radius 1 is 1.00 bits per heavy atom. The molecule has 0 radical (unpaired) electrons. The quantitative estimate of drug-likeness (QED) is 0.688. The molecule has 1 atom stereocenters. The molecule has 0 aliphatic heterocycles. The summed E-state index contributed by atoms with van der Waals surface area (Å²) in [6.45, 7) is 2.22. The predicted molar refractivity (Wildman–Crippen MR) is 108 cm³/mol. The summed E-state index contributed by atoms with van der Waals surface area (Å²) in [5.74, 6) is 1.48. The Balaban J connectivity index is 1.92. The van der Waals surface area contributed by atoms with Gasteiger partial charge in [0.2, 0.25) is 11.8 Å². The maximum Gasteiger partial charge on any atom is 0.242 e. The van der Waals surface area contributed by atoms with E-state index in [-0.39, 0.29) is 11.8 Å². The SMILES string of the molecule is CNC(=O)[C@H](C)N(Cc1ccccc1)C(=O)CCSCc1ccccc1. The van der Waals surface area contributed by atoms with Crippen LogP contribution in [0, 0.1) is 0 Å². The van der Waals surface area contributed by atoms with E-state index in [0.717, 1.165) is 17.1 Å². The van der Waals surface area contributed by atoms with Crippen LogP contribution in [0.2, 0.25) is 0 Å². The average molecular weight is 371 g/mol. The summed E-state index contributed by atoms with van der Waals surface area (Å²) in [6.07, 6.45) is 0.422. The molecule has 2 amide bonds. The van der Waals surface area contributed by atoms with Crippen molar-refractivity contribution in [1.82, 2.24) is 10.2 Å². The molecule has 0 spiro atoms. The Labute approximate surface area is 160 Å². The van der Waals surface area contributed by atoms with E-state index in [4.69, 9.17) is 0 Å². The summed E-state index contributed by atoms with van der Waals surface area (Å²) >= 11 is 1.74. The summed E-state index contributed by atoms with van der Waals surface area (Å²) < 4.78 is 0. The third-order valence-electron chi connectivity index (χ3n) is 4.18. The summed E-state index contributed by atoms with van der Waals surface area (Å²) in [4.78, 5) is 26.5. The number of likely N-dealkylation sites (N-methyl/N-ethyl adjacent to an activating group) is 1. The molecule has 2 rings (SSSR count). The first kappa shape index (κ1) is 20.0. The lowest BCUT2D eigenvalue weighted by Gasteiger charge is -2.28. The third-order valence-corrected chi connectivity index (χ3v) is 5.21. The monoisotopic (exact) mass is 370 g/mol. The van der Waals surface area contributed by atoms with Gasteiger partial charge in [-0.2, -0.15) is 11.8 Å². The highest BCUT2D eigenvalue weighted by Gasteiger charge is 2.24.